The Bertz CT molecular complexity index is 626. The van der Waals surface area contributed by atoms with Gasteiger partial charge in [-0.1, -0.05) is 12.2 Å². The summed E-state index contributed by atoms with van der Waals surface area (Å²) in [7, 11) is 0. The second-order valence-corrected chi connectivity index (χ2v) is 7.97. The van der Waals surface area contributed by atoms with Crippen LogP contribution in [0.2, 0.25) is 0 Å². The molecule has 0 aromatic carbocycles. The number of allylic oxidation sites excluding steroid dienone is 2. The minimum absolute atomic E-state index is 0.0467. The van der Waals surface area contributed by atoms with Crippen molar-refractivity contribution in [1.29, 1.82) is 0 Å². The molecule has 176 valence electrons. The van der Waals surface area contributed by atoms with Crippen molar-refractivity contribution in [3.8, 4) is 0 Å². The van der Waals surface area contributed by atoms with E-state index in [4.69, 9.17) is 14.6 Å². The monoisotopic (exact) mass is 440 g/mol. The van der Waals surface area contributed by atoms with E-state index in [-0.39, 0.29) is 57.4 Å². The normalized spacial score (nSPS) is 12.8. The van der Waals surface area contributed by atoms with Gasteiger partial charge in [-0.3, -0.25) is 19.2 Å². The van der Waals surface area contributed by atoms with Crippen molar-refractivity contribution in [3.05, 3.63) is 25.3 Å². The molecule has 0 spiro atoms. The van der Waals surface area contributed by atoms with Gasteiger partial charge in [0.2, 0.25) is 11.8 Å². The van der Waals surface area contributed by atoms with Gasteiger partial charge in [-0.2, -0.15) is 0 Å². The zero-order valence-corrected chi connectivity index (χ0v) is 18.8. The van der Waals surface area contributed by atoms with Gasteiger partial charge in [0.1, 0.15) is 12.2 Å². The molecule has 0 fully saturated rings. The first-order chi connectivity index (χ1) is 14.5. The lowest BCUT2D eigenvalue weighted by Crippen LogP contribution is -2.37. The van der Waals surface area contributed by atoms with Gasteiger partial charge in [-0.25, -0.2) is 0 Å². The number of carbonyl (C=O) groups excluding carboxylic acids is 4. The van der Waals surface area contributed by atoms with Crippen molar-refractivity contribution in [2.75, 3.05) is 26.3 Å². The maximum Gasteiger partial charge on any atom is 0.309 e. The molecule has 9 nitrogen and oxygen atoms in total. The zero-order chi connectivity index (χ0) is 23.9. The third-order valence-corrected chi connectivity index (χ3v) is 3.95. The molecule has 0 aliphatic heterocycles. The van der Waals surface area contributed by atoms with E-state index >= 15 is 0 Å². The minimum Gasteiger partial charge on any atom is -0.464 e. The summed E-state index contributed by atoms with van der Waals surface area (Å²) in [5.74, 6) is -3.13. The summed E-state index contributed by atoms with van der Waals surface area (Å²) in [5.41, 5.74) is -0.652. The second kappa shape index (κ2) is 15.2. The number of ether oxygens (including phenoxy) is 2. The van der Waals surface area contributed by atoms with Crippen LogP contribution in [0.15, 0.2) is 25.3 Å². The fourth-order valence-electron chi connectivity index (χ4n) is 2.61. The van der Waals surface area contributed by atoms with Crippen LogP contribution >= 0.6 is 0 Å². The maximum absolute atomic E-state index is 12.3. The molecule has 0 unspecified atom stereocenters. The summed E-state index contributed by atoms with van der Waals surface area (Å²) >= 11 is 0. The van der Waals surface area contributed by atoms with Gasteiger partial charge in [0.15, 0.2) is 0 Å². The van der Waals surface area contributed by atoms with Gasteiger partial charge in [0.25, 0.3) is 0 Å². The van der Waals surface area contributed by atoms with Crippen LogP contribution in [-0.4, -0.2) is 60.8 Å². The molecular formula is C22H36N2O7. The van der Waals surface area contributed by atoms with E-state index < -0.39 is 29.4 Å². The number of esters is 2. The first-order valence-electron chi connectivity index (χ1n) is 10.3. The number of hydrogen-bond acceptors (Lipinski definition) is 7. The van der Waals surface area contributed by atoms with Crippen LogP contribution < -0.4 is 10.6 Å². The van der Waals surface area contributed by atoms with Gasteiger partial charge in [-0.15, -0.1) is 13.2 Å². The lowest BCUT2D eigenvalue weighted by Gasteiger charge is -2.21. The van der Waals surface area contributed by atoms with Gasteiger partial charge in [-0.05, 0) is 33.6 Å². The molecular weight excluding hydrogens is 404 g/mol. The Hall–Kier alpha value is -2.68. The SMILES string of the molecule is C=CC[C@H](CC(=O)NCCO)C(=O)NCCOC(=O)[C@@H](CC=C)CC(=O)OC(C)(C)C. The van der Waals surface area contributed by atoms with Crippen LogP contribution in [0, 0.1) is 11.8 Å². The molecule has 9 heteroatoms. The summed E-state index contributed by atoms with van der Waals surface area (Å²) < 4.78 is 10.4. The molecule has 31 heavy (non-hydrogen) atoms. The predicted octanol–water partition coefficient (Wildman–Crippen LogP) is 1.26. The van der Waals surface area contributed by atoms with Gasteiger partial charge < -0.3 is 25.2 Å². The van der Waals surface area contributed by atoms with Crippen LogP contribution in [-0.2, 0) is 28.7 Å². The fourth-order valence-corrected chi connectivity index (χ4v) is 2.61. The number of rotatable bonds is 15. The Balaban J connectivity index is 4.54. The van der Waals surface area contributed by atoms with Crippen molar-refractivity contribution >= 4 is 23.8 Å². The maximum atomic E-state index is 12.3. The quantitative estimate of drug-likeness (QED) is 0.198. The molecule has 0 bridgehead atoms. The average Bonchev–Trinajstić information content (AvgIpc) is 2.67. The van der Waals surface area contributed by atoms with Crippen molar-refractivity contribution in [3.63, 3.8) is 0 Å². The Morgan fingerprint density at radius 2 is 1.58 bits per heavy atom. The third-order valence-electron chi connectivity index (χ3n) is 3.95. The van der Waals surface area contributed by atoms with Crippen LogP contribution in [0.3, 0.4) is 0 Å². The number of aliphatic hydroxyl groups is 1. The first-order valence-corrected chi connectivity index (χ1v) is 10.3. The van der Waals surface area contributed by atoms with Crippen molar-refractivity contribution in [2.45, 2.75) is 52.1 Å². The first kappa shape index (κ1) is 28.3. The summed E-state index contributed by atoms with van der Waals surface area (Å²) in [6, 6.07) is 0. The highest BCUT2D eigenvalue weighted by molar-refractivity contribution is 5.86. The molecule has 0 aliphatic rings. The molecule has 0 aromatic rings. The van der Waals surface area contributed by atoms with Crippen molar-refractivity contribution < 1.29 is 33.8 Å². The highest BCUT2D eigenvalue weighted by Crippen LogP contribution is 2.16. The van der Waals surface area contributed by atoms with Crippen LogP contribution in [0.25, 0.3) is 0 Å². The second-order valence-electron chi connectivity index (χ2n) is 7.97. The van der Waals surface area contributed by atoms with Crippen LogP contribution in [0.5, 0.6) is 0 Å². The average molecular weight is 441 g/mol. The molecule has 0 aliphatic carbocycles. The molecule has 3 N–H and O–H groups in total. The number of nitrogens with one attached hydrogen (secondary N) is 2. The van der Waals surface area contributed by atoms with Crippen LogP contribution in [0.1, 0.15) is 46.5 Å². The van der Waals surface area contributed by atoms with E-state index in [0.717, 1.165) is 0 Å². The van der Waals surface area contributed by atoms with E-state index in [2.05, 4.69) is 23.8 Å². The number of aliphatic hydroxyl groups excluding tert-OH is 1. The molecule has 0 aromatic heterocycles. The molecule has 2 atom stereocenters. The van der Waals surface area contributed by atoms with Crippen LogP contribution in [0.4, 0.5) is 0 Å². The van der Waals surface area contributed by atoms with E-state index in [0.29, 0.717) is 6.42 Å². The zero-order valence-electron chi connectivity index (χ0n) is 18.8. The van der Waals surface area contributed by atoms with Gasteiger partial charge in [0, 0.05) is 13.0 Å². The molecule has 0 radical (unpaired) electrons. The van der Waals surface area contributed by atoms with Crippen molar-refractivity contribution in [2.24, 2.45) is 11.8 Å². The van der Waals surface area contributed by atoms with Gasteiger partial charge in [0.05, 0.1) is 31.4 Å². The Kier molecular flexibility index (Phi) is 13.9. The fraction of sp³-hybridized carbons (Fsp3) is 0.636. The Morgan fingerprint density at radius 3 is 2.13 bits per heavy atom. The minimum atomic E-state index is -0.716. The lowest BCUT2D eigenvalue weighted by atomic mass is 10.00. The van der Waals surface area contributed by atoms with E-state index in [9.17, 15) is 19.2 Å². The topological polar surface area (TPSA) is 131 Å². The Labute approximate surface area is 184 Å². The number of hydrogen-bond donors (Lipinski definition) is 3. The predicted molar refractivity (Wildman–Crippen MR) is 116 cm³/mol. The van der Waals surface area contributed by atoms with E-state index in [1.54, 1.807) is 26.8 Å². The third kappa shape index (κ3) is 14.0. The number of amides is 2. The number of carbonyl (C=O) groups is 4. The standard InChI is InChI=1S/C22H36N2O7/c1-6-8-16(14-18(26)23-10-12-25)20(28)24-11-13-30-21(29)17(9-7-2)15-19(27)31-22(3,4)5/h6-7,16-17,25H,1-2,8-15H2,3-5H3,(H,23,26)(H,24,28)/t16-,17+/m1/s1. The largest absolute Gasteiger partial charge is 0.464 e. The molecule has 0 heterocycles. The molecule has 2 amide bonds. The summed E-state index contributed by atoms with van der Waals surface area (Å²) in [4.78, 5) is 48.3. The molecule has 0 saturated heterocycles. The van der Waals surface area contributed by atoms with E-state index in [1.807, 2.05) is 0 Å². The Morgan fingerprint density at radius 1 is 0.968 bits per heavy atom. The highest BCUT2D eigenvalue weighted by atomic mass is 16.6. The highest BCUT2D eigenvalue weighted by Gasteiger charge is 2.26. The summed E-state index contributed by atoms with van der Waals surface area (Å²) in [6.07, 6.45) is 3.46. The molecule has 0 saturated carbocycles. The van der Waals surface area contributed by atoms with Gasteiger partial charge >= 0.3 is 11.9 Å². The lowest BCUT2D eigenvalue weighted by molar-refractivity contribution is -0.161. The summed E-state index contributed by atoms with van der Waals surface area (Å²) in [5, 5.41) is 13.9. The van der Waals surface area contributed by atoms with Crippen molar-refractivity contribution in [1.82, 2.24) is 10.6 Å². The molecule has 0 rings (SSSR count). The summed E-state index contributed by atoms with van der Waals surface area (Å²) in [6.45, 7) is 12.3. The smallest absolute Gasteiger partial charge is 0.309 e. The van der Waals surface area contributed by atoms with E-state index in [1.165, 1.54) is 6.08 Å².